The van der Waals surface area contributed by atoms with Crippen molar-refractivity contribution in [3.05, 3.63) is 119 Å². The molecule has 3 N–H and O–H groups in total. The highest BCUT2D eigenvalue weighted by Gasteiger charge is 2.07. The molecule has 2 aromatic carbocycles. The van der Waals surface area contributed by atoms with Gasteiger partial charge in [0.05, 0.1) is 6.10 Å². The Hall–Kier alpha value is -3.12. The SMILES string of the molecule is C=C1/C=C\N(CC(O)CNC)C/C=C\C(NC=O)=C/1.Cc1cccc(Cl)c1.Cc1ccccc1. The van der Waals surface area contributed by atoms with Crippen molar-refractivity contribution in [2.24, 2.45) is 0 Å². The van der Waals surface area contributed by atoms with Crippen molar-refractivity contribution in [3.63, 3.8) is 0 Å². The first-order chi connectivity index (χ1) is 16.3. The number of allylic oxidation sites excluding steroid dienone is 4. The summed E-state index contributed by atoms with van der Waals surface area (Å²) in [6, 6.07) is 18.0. The Morgan fingerprint density at radius 1 is 1.12 bits per heavy atom. The van der Waals surface area contributed by atoms with Gasteiger partial charge in [0.1, 0.15) is 0 Å². The summed E-state index contributed by atoms with van der Waals surface area (Å²) in [5.41, 5.74) is 4.01. The lowest BCUT2D eigenvalue weighted by Crippen LogP contribution is -2.35. The molecular formula is C28H36ClN3O2. The van der Waals surface area contributed by atoms with Crippen LogP contribution in [0.3, 0.4) is 0 Å². The zero-order valence-corrected chi connectivity index (χ0v) is 21.0. The van der Waals surface area contributed by atoms with Gasteiger partial charge in [0.2, 0.25) is 6.41 Å². The molecule has 3 rings (SSSR count). The van der Waals surface area contributed by atoms with E-state index < -0.39 is 6.10 Å². The molecule has 0 spiro atoms. The number of likely N-dealkylation sites (N-methyl/N-ethyl adjacent to an activating group) is 1. The second-order valence-corrected chi connectivity index (χ2v) is 8.21. The molecular weight excluding hydrogens is 446 g/mol. The van der Waals surface area contributed by atoms with E-state index in [1.54, 1.807) is 13.1 Å². The molecule has 1 heterocycles. The third-order valence-electron chi connectivity index (χ3n) is 4.51. The number of amides is 1. The van der Waals surface area contributed by atoms with Crippen LogP contribution in [0.25, 0.3) is 0 Å². The van der Waals surface area contributed by atoms with E-state index in [9.17, 15) is 9.90 Å². The van der Waals surface area contributed by atoms with Gasteiger partial charge in [-0.3, -0.25) is 4.79 Å². The molecule has 0 aromatic heterocycles. The summed E-state index contributed by atoms with van der Waals surface area (Å²) < 4.78 is 0. The van der Waals surface area contributed by atoms with Crippen molar-refractivity contribution in [1.82, 2.24) is 15.5 Å². The Kier molecular flexibility index (Phi) is 14.8. The number of β-amino-alcohol motifs (C(OH)–C–C–N with tert-alkyl or cyclic N) is 1. The number of benzene rings is 2. The van der Waals surface area contributed by atoms with E-state index in [1.807, 2.05) is 78.7 Å². The van der Waals surface area contributed by atoms with Gasteiger partial charge >= 0.3 is 0 Å². The highest BCUT2D eigenvalue weighted by molar-refractivity contribution is 6.30. The van der Waals surface area contributed by atoms with Crippen molar-refractivity contribution >= 4 is 18.0 Å². The maximum Gasteiger partial charge on any atom is 0.211 e. The summed E-state index contributed by atoms with van der Waals surface area (Å²) in [5, 5.41) is 16.1. The molecule has 1 amide bonds. The van der Waals surface area contributed by atoms with Gasteiger partial charge in [0.25, 0.3) is 0 Å². The van der Waals surface area contributed by atoms with E-state index in [2.05, 4.69) is 36.3 Å². The maximum atomic E-state index is 10.5. The number of nitrogens with zero attached hydrogens (tertiary/aromatic N) is 1. The molecule has 5 nitrogen and oxygen atoms in total. The third kappa shape index (κ3) is 14.1. The van der Waals surface area contributed by atoms with Crippen LogP contribution >= 0.6 is 11.6 Å². The lowest BCUT2D eigenvalue weighted by molar-refractivity contribution is -0.108. The van der Waals surface area contributed by atoms with Crippen LogP contribution in [0, 0.1) is 13.8 Å². The molecule has 0 saturated carbocycles. The van der Waals surface area contributed by atoms with Gasteiger partial charge in [-0.1, -0.05) is 72.3 Å². The molecule has 0 bridgehead atoms. The topological polar surface area (TPSA) is 64.6 Å². The first kappa shape index (κ1) is 28.9. The highest BCUT2D eigenvalue weighted by Crippen LogP contribution is 2.08. The molecule has 1 aliphatic heterocycles. The fourth-order valence-corrected chi connectivity index (χ4v) is 3.12. The van der Waals surface area contributed by atoms with Crippen LogP contribution in [0.2, 0.25) is 5.02 Å². The summed E-state index contributed by atoms with van der Waals surface area (Å²) in [5.74, 6) is 0. The molecule has 1 unspecified atom stereocenters. The Labute approximate surface area is 209 Å². The van der Waals surface area contributed by atoms with Gasteiger partial charge in [0.15, 0.2) is 0 Å². The number of halogens is 1. The van der Waals surface area contributed by atoms with Crippen LogP contribution in [-0.4, -0.2) is 49.2 Å². The minimum Gasteiger partial charge on any atom is -0.390 e. The van der Waals surface area contributed by atoms with E-state index in [0.29, 0.717) is 31.7 Å². The van der Waals surface area contributed by atoms with Crippen molar-refractivity contribution in [1.29, 1.82) is 0 Å². The Morgan fingerprint density at radius 2 is 1.82 bits per heavy atom. The molecule has 182 valence electrons. The quantitative estimate of drug-likeness (QED) is 0.519. The fraction of sp³-hybridized carbons (Fsp3) is 0.250. The van der Waals surface area contributed by atoms with E-state index in [1.165, 1.54) is 11.1 Å². The summed E-state index contributed by atoms with van der Waals surface area (Å²) in [4.78, 5) is 12.4. The normalized spacial score (nSPS) is 17.0. The average Bonchev–Trinajstić information content (AvgIpc) is 2.86. The van der Waals surface area contributed by atoms with Crippen molar-refractivity contribution in [2.45, 2.75) is 20.0 Å². The van der Waals surface area contributed by atoms with Gasteiger partial charge in [-0.2, -0.15) is 0 Å². The van der Waals surface area contributed by atoms with E-state index in [0.717, 1.165) is 10.6 Å². The number of hydrogen-bond donors (Lipinski definition) is 3. The number of aliphatic hydroxyl groups is 1. The summed E-state index contributed by atoms with van der Waals surface area (Å²) in [6.07, 6.45) is 9.49. The lowest BCUT2D eigenvalue weighted by atomic mass is 10.2. The standard InChI is InChI=1S/C14H21N3O2.C7H7Cl.C7H8/c1-12-5-7-17(10-14(19)9-15-2)6-3-4-13(8-12)16-11-18;1-6-3-2-4-7(8)5-6;1-7-5-3-2-4-6-7/h3-5,7-8,11,14-15,19H,1,6,9-10H2,2H3,(H,16,18);2-5H,1H3;2-6H,1H3/b4-3-,7-5-,13-8+;;. The smallest absolute Gasteiger partial charge is 0.211 e. The van der Waals surface area contributed by atoms with Crippen molar-refractivity contribution in [2.75, 3.05) is 26.7 Å². The number of carbonyl (C=O) groups is 1. The van der Waals surface area contributed by atoms with Crippen LogP contribution in [0.1, 0.15) is 11.1 Å². The summed E-state index contributed by atoms with van der Waals surface area (Å²) >= 11 is 5.64. The second kappa shape index (κ2) is 17.4. The summed E-state index contributed by atoms with van der Waals surface area (Å²) in [6.45, 7) is 9.72. The third-order valence-corrected chi connectivity index (χ3v) is 4.74. The van der Waals surface area contributed by atoms with Crippen LogP contribution in [0.4, 0.5) is 0 Å². The largest absolute Gasteiger partial charge is 0.390 e. The van der Waals surface area contributed by atoms with Gasteiger partial charge in [0, 0.05) is 36.6 Å². The van der Waals surface area contributed by atoms with Crippen LogP contribution in [0.5, 0.6) is 0 Å². The first-order valence-corrected chi connectivity index (χ1v) is 11.5. The van der Waals surface area contributed by atoms with Crippen molar-refractivity contribution in [3.8, 4) is 0 Å². The minimum absolute atomic E-state index is 0.433. The molecule has 0 aliphatic carbocycles. The van der Waals surface area contributed by atoms with Gasteiger partial charge in [-0.05, 0) is 62.4 Å². The van der Waals surface area contributed by atoms with Crippen molar-refractivity contribution < 1.29 is 9.90 Å². The fourth-order valence-electron chi connectivity index (χ4n) is 2.88. The predicted molar refractivity (Wildman–Crippen MR) is 144 cm³/mol. The van der Waals surface area contributed by atoms with E-state index in [4.69, 9.17) is 11.6 Å². The molecule has 1 aliphatic rings. The number of aryl methyl sites for hydroxylation is 2. The van der Waals surface area contributed by atoms with Gasteiger partial charge in [-0.15, -0.1) is 0 Å². The minimum atomic E-state index is -0.433. The van der Waals surface area contributed by atoms with Crippen LogP contribution < -0.4 is 10.6 Å². The Morgan fingerprint density at radius 3 is 2.35 bits per heavy atom. The molecule has 2 aromatic rings. The Balaban J connectivity index is 0.000000312. The van der Waals surface area contributed by atoms with Crippen LogP contribution in [-0.2, 0) is 4.79 Å². The van der Waals surface area contributed by atoms with Gasteiger partial charge < -0.3 is 20.6 Å². The zero-order valence-electron chi connectivity index (χ0n) is 20.2. The number of nitrogens with one attached hydrogen (secondary N) is 2. The number of rotatable bonds is 6. The molecule has 0 radical (unpaired) electrons. The first-order valence-electron chi connectivity index (χ1n) is 11.1. The molecule has 6 heteroatoms. The average molecular weight is 482 g/mol. The van der Waals surface area contributed by atoms with E-state index >= 15 is 0 Å². The van der Waals surface area contributed by atoms with E-state index in [-0.39, 0.29) is 0 Å². The highest BCUT2D eigenvalue weighted by atomic mass is 35.5. The lowest BCUT2D eigenvalue weighted by Gasteiger charge is -2.22. The summed E-state index contributed by atoms with van der Waals surface area (Å²) in [7, 11) is 1.81. The molecule has 34 heavy (non-hydrogen) atoms. The monoisotopic (exact) mass is 481 g/mol. The molecule has 0 fully saturated rings. The molecule has 1 atom stereocenters. The number of carbonyl (C=O) groups excluding carboxylic acids is 1. The van der Waals surface area contributed by atoms with Crippen LogP contribution in [0.15, 0.2) is 103 Å². The predicted octanol–water partition coefficient (Wildman–Crippen LogP) is 4.78. The zero-order chi connectivity index (χ0) is 25.2. The maximum absolute atomic E-state index is 10.5. The Bertz CT molecular complexity index is 938. The number of aliphatic hydroxyl groups excluding tert-OH is 1. The second-order valence-electron chi connectivity index (χ2n) is 7.77. The molecule has 0 saturated heterocycles. The number of hydrogen-bond acceptors (Lipinski definition) is 4. The van der Waals surface area contributed by atoms with Gasteiger partial charge in [-0.25, -0.2) is 0 Å².